The van der Waals surface area contributed by atoms with Gasteiger partial charge in [-0.15, -0.1) is 0 Å². The summed E-state index contributed by atoms with van der Waals surface area (Å²) in [6.07, 6.45) is 2.39. The van der Waals surface area contributed by atoms with E-state index in [0.29, 0.717) is 6.54 Å². The van der Waals surface area contributed by atoms with E-state index in [2.05, 4.69) is 12.2 Å². The van der Waals surface area contributed by atoms with Crippen LogP contribution in [0.15, 0.2) is 30.3 Å². The lowest BCUT2D eigenvalue weighted by atomic mass is 10.2. The Labute approximate surface area is 113 Å². The van der Waals surface area contributed by atoms with Gasteiger partial charge in [-0.2, -0.15) is 0 Å². The Hall–Kier alpha value is -1.68. The average molecular weight is 260 g/mol. The zero-order valence-electron chi connectivity index (χ0n) is 11.3. The fourth-order valence-corrected chi connectivity index (χ4v) is 2.23. The van der Waals surface area contributed by atoms with Crippen LogP contribution in [0, 0.1) is 0 Å². The molecule has 0 spiro atoms. The van der Waals surface area contributed by atoms with Crippen LogP contribution in [0.2, 0.25) is 0 Å². The largest absolute Gasteiger partial charge is 0.305 e. The van der Waals surface area contributed by atoms with E-state index >= 15 is 0 Å². The van der Waals surface area contributed by atoms with Gasteiger partial charge in [0.1, 0.15) is 0 Å². The van der Waals surface area contributed by atoms with Gasteiger partial charge in [0.15, 0.2) is 0 Å². The molecule has 1 atom stereocenters. The molecule has 0 aromatic heterocycles. The van der Waals surface area contributed by atoms with Crippen molar-refractivity contribution in [3.8, 4) is 0 Å². The second-order valence-corrected chi connectivity index (χ2v) is 4.87. The van der Waals surface area contributed by atoms with Crippen LogP contribution in [0.1, 0.15) is 31.7 Å². The molecule has 1 aromatic carbocycles. The Morgan fingerprint density at radius 2 is 2.00 bits per heavy atom. The van der Waals surface area contributed by atoms with Crippen LogP contribution in [0.3, 0.4) is 0 Å². The van der Waals surface area contributed by atoms with E-state index in [1.54, 1.807) is 0 Å². The second kappa shape index (κ2) is 6.48. The highest BCUT2D eigenvalue weighted by Gasteiger charge is 2.37. The molecule has 1 heterocycles. The van der Waals surface area contributed by atoms with Gasteiger partial charge in [-0.1, -0.05) is 43.7 Å². The van der Waals surface area contributed by atoms with Crippen molar-refractivity contribution in [2.75, 3.05) is 6.54 Å². The summed E-state index contributed by atoms with van der Waals surface area (Å²) < 4.78 is 0. The Kier molecular flexibility index (Phi) is 4.68. The third kappa shape index (κ3) is 3.41. The molecule has 0 radical (unpaired) electrons. The van der Waals surface area contributed by atoms with E-state index in [9.17, 15) is 9.59 Å². The number of unbranched alkanes of at least 4 members (excludes halogenated alkanes) is 1. The number of hydrogen-bond acceptors (Lipinski definition) is 3. The third-order valence-corrected chi connectivity index (χ3v) is 3.35. The first-order valence-corrected chi connectivity index (χ1v) is 6.84. The summed E-state index contributed by atoms with van der Waals surface area (Å²) in [6.45, 7) is 3.27. The summed E-state index contributed by atoms with van der Waals surface area (Å²) in [5.41, 5.74) is 0.985. The minimum Gasteiger partial charge on any atom is -0.305 e. The Morgan fingerprint density at radius 3 is 2.68 bits per heavy atom. The monoisotopic (exact) mass is 260 g/mol. The molecular formula is C15H20N2O2. The molecule has 19 heavy (non-hydrogen) atoms. The summed E-state index contributed by atoms with van der Waals surface area (Å²) in [4.78, 5) is 25.4. The van der Waals surface area contributed by atoms with Gasteiger partial charge < -0.3 is 5.32 Å². The van der Waals surface area contributed by atoms with E-state index in [1.807, 2.05) is 30.3 Å². The number of carbonyl (C=O) groups excluding carboxylic acids is 2. The van der Waals surface area contributed by atoms with Gasteiger partial charge >= 0.3 is 0 Å². The molecule has 1 unspecified atom stereocenters. The van der Waals surface area contributed by atoms with Crippen LogP contribution in [0.5, 0.6) is 0 Å². The number of nitrogens with one attached hydrogen (secondary N) is 1. The molecule has 1 N–H and O–H groups in total. The van der Waals surface area contributed by atoms with Crippen LogP contribution < -0.4 is 5.32 Å². The first kappa shape index (κ1) is 13.7. The maximum atomic E-state index is 12.2. The van der Waals surface area contributed by atoms with E-state index in [1.165, 1.54) is 4.90 Å². The predicted octanol–water partition coefficient (Wildman–Crippen LogP) is 1.70. The van der Waals surface area contributed by atoms with Crippen LogP contribution in [0.25, 0.3) is 0 Å². The summed E-state index contributed by atoms with van der Waals surface area (Å²) in [7, 11) is 0. The highest BCUT2D eigenvalue weighted by Crippen LogP contribution is 2.16. The van der Waals surface area contributed by atoms with Crippen molar-refractivity contribution < 1.29 is 9.59 Å². The van der Waals surface area contributed by atoms with Crippen molar-refractivity contribution in [3.05, 3.63) is 35.9 Å². The van der Waals surface area contributed by atoms with Gasteiger partial charge in [-0.3, -0.25) is 14.5 Å². The van der Waals surface area contributed by atoms with Crippen molar-refractivity contribution in [2.24, 2.45) is 0 Å². The van der Waals surface area contributed by atoms with Gasteiger partial charge in [-0.25, -0.2) is 0 Å². The van der Waals surface area contributed by atoms with E-state index in [0.717, 1.165) is 24.9 Å². The number of amides is 2. The molecular weight excluding hydrogens is 240 g/mol. The number of benzene rings is 1. The molecule has 2 amide bonds. The van der Waals surface area contributed by atoms with Gasteiger partial charge in [0.2, 0.25) is 11.8 Å². The molecule has 102 valence electrons. The number of likely N-dealkylation sites (tertiary alicyclic amines) is 1. The van der Waals surface area contributed by atoms with Gasteiger partial charge in [0.05, 0.1) is 19.0 Å². The highest BCUT2D eigenvalue weighted by atomic mass is 16.2. The van der Waals surface area contributed by atoms with Crippen LogP contribution >= 0.6 is 0 Å². The van der Waals surface area contributed by atoms with E-state index in [4.69, 9.17) is 0 Å². The predicted molar refractivity (Wildman–Crippen MR) is 73.3 cm³/mol. The molecule has 1 aliphatic rings. The van der Waals surface area contributed by atoms with Gasteiger partial charge in [0, 0.05) is 0 Å². The first-order valence-electron chi connectivity index (χ1n) is 6.84. The van der Waals surface area contributed by atoms with Crippen LogP contribution in [-0.2, 0) is 16.1 Å². The molecule has 0 aliphatic carbocycles. The normalized spacial score (nSPS) is 19.2. The smallest absolute Gasteiger partial charge is 0.247 e. The van der Waals surface area contributed by atoms with Crippen molar-refractivity contribution in [3.63, 3.8) is 0 Å². The molecule has 1 saturated heterocycles. The number of nitrogens with zero attached hydrogens (tertiary/aromatic N) is 1. The molecule has 0 saturated carbocycles. The van der Waals surface area contributed by atoms with E-state index in [-0.39, 0.29) is 24.3 Å². The van der Waals surface area contributed by atoms with Crippen molar-refractivity contribution in [1.29, 1.82) is 0 Å². The van der Waals surface area contributed by atoms with Gasteiger partial charge in [0.25, 0.3) is 0 Å². The van der Waals surface area contributed by atoms with Crippen molar-refractivity contribution >= 4 is 11.8 Å². The quantitative estimate of drug-likeness (QED) is 0.625. The molecule has 4 nitrogen and oxygen atoms in total. The first-order chi connectivity index (χ1) is 9.22. The fraction of sp³-hybridized carbons (Fsp3) is 0.467. The minimum absolute atomic E-state index is 0.0807. The fourth-order valence-electron chi connectivity index (χ4n) is 2.23. The number of carbonyl (C=O) groups is 2. The van der Waals surface area contributed by atoms with Crippen molar-refractivity contribution in [1.82, 2.24) is 10.2 Å². The number of imide groups is 1. The SMILES string of the molecule is CCCCNC1CC(=O)N(Cc2ccccc2)C1=O. The lowest BCUT2D eigenvalue weighted by Gasteiger charge is -2.15. The summed E-state index contributed by atoms with van der Waals surface area (Å²) in [5.74, 6) is -0.173. The second-order valence-electron chi connectivity index (χ2n) is 4.87. The molecule has 1 fully saturated rings. The summed E-state index contributed by atoms with van der Waals surface area (Å²) in [5, 5.41) is 3.17. The summed E-state index contributed by atoms with van der Waals surface area (Å²) >= 11 is 0. The maximum absolute atomic E-state index is 12.2. The highest BCUT2D eigenvalue weighted by molar-refractivity contribution is 6.05. The standard InChI is InChI=1S/C15H20N2O2/c1-2-3-9-16-13-10-14(18)17(15(13)19)11-12-7-5-4-6-8-12/h4-8,13,16H,2-3,9-11H2,1H3. The molecule has 0 bridgehead atoms. The minimum atomic E-state index is -0.331. The molecule has 1 aliphatic heterocycles. The number of hydrogen-bond donors (Lipinski definition) is 1. The summed E-state index contributed by atoms with van der Waals surface area (Å²) in [6, 6.07) is 9.28. The topological polar surface area (TPSA) is 49.4 Å². The van der Waals surface area contributed by atoms with Crippen LogP contribution in [-0.4, -0.2) is 29.3 Å². The Balaban J connectivity index is 1.95. The zero-order chi connectivity index (χ0) is 13.7. The lowest BCUT2D eigenvalue weighted by molar-refractivity contribution is -0.139. The van der Waals surface area contributed by atoms with E-state index < -0.39 is 0 Å². The average Bonchev–Trinajstić information content (AvgIpc) is 2.68. The zero-order valence-corrected chi connectivity index (χ0v) is 11.3. The lowest BCUT2D eigenvalue weighted by Crippen LogP contribution is -2.38. The van der Waals surface area contributed by atoms with Crippen LogP contribution in [0.4, 0.5) is 0 Å². The third-order valence-electron chi connectivity index (χ3n) is 3.35. The van der Waals surface area contributed by atoms with Gasteiger partial charge in [-0.05, 0) is 18.5 Å². The number of rotatable bonds is 6. The molecule has 2 rings (SSSR count). The molecule has 1 aromatic rings. The van der Waals surface area contributed by atoms with Crippen molar-refractivity contribution in [2.45, 2.75) is 38.8 Å². The maximum Gasteiger partial charge on any atom is 0.247 e. The molecule has 4 heteroatoms. The Bertz CT molecular complexity index is 445. The Morgan fingerprint density at radius 1 is 1.26 bits per heavy atom.